The molecule has 0 unspecified atom stereocenters. The lowest BCUT2D eigenvalue weighted by Gasteiger charge is -2.22. The molecule has 3 N–H and O–H groups in total. The lowest BCUT2D eigenvalue weighted by Crippen LogP contribution is -2.41. The third-order valence-corrected chi connectivity index (χ3v) is 5.59. The first-order valence-electron chi connectivity index (χ1n) is 8.54. The number of hydrogen-bond acceptors (Lipinski definition) is 2. The molecular weight excluding hydrogens is 450 g/mol. The molecule has 0 aliphatic carbocycles. The van der Waals surface area contributed by atoms with Crippen LogP contribution < -0.4 is 10.6 Å². The number of aromatic amines is 1. The van der Waals surface area contributed by atoms with Crippen molar-refractivity contribution in [2.24, 2.45) is 10.9 Å². The molecule has 2 heterocycles. The lowest BCUT2D eigenvalue weighted by molar-refractivity contribution is 0.479. The summed E-state index contributed by atoms with van der Waals surface area (Å²) in [5, 5.41) is 7.89. The molecule has 1 aromatic carbocycles. The number of fused-ring (bicyclic) bond motifs is 1. The van der Waals surface area contributed by atoms with Crippen LogP contribution in [0, 0.1) is 11.7 Å². The van der Waals surface area contributed by atoms with Crippen LogP contribution >= 0.6 is 35.7 Å². The molecule has 0 spiro atoms. The summed E-state index contributed by atoms with van der Waals surface area (Å²) in [6.45, 7) is 1.79. The van der Waals surface area contributed by atoms with E-state index in [-0.39, 0.29) is 29.8 Å². The minimum Gasteiger partial charge on any atom is -0.361 e. The molecule has 1 saturated heterocycles. The van der Waals surface area contributed by atoms with Gasteiger partial charge in [0.1, 0.15) is 5.82 Å². The summed E-state index contributed by atoms with van der Waals surface area (Å²) in [6, 6.07) is 4.88. The van der Waals surface area contributed by atoms with Gasteiger partial charge < -0.3 is 15.6 Å². The zero-order valence-corrected chi connectivity index (χ0v) is 17.6. The van der Waals surface area contributed by atoms with Gasteiger partial charge in [-0.05, 0) is 60.4 Å². The van der Waals surface area contributed by atoms with E-state index in [1.807, 2.05) is 12.3 Å². The molecule has 0 atom stereocenters. The number of H-pyrrole nitrogens is 1. The van der Waals surface area contributed by atoms with Crippen molar-refractivity contribution in [3.63, 3.8) is 0 Å². The highest BCUT2D eigenvalue weighted by Crippen LogP contribution is 2.22. The summed E-state index contributed by atoms with van der Waals surface area (Å²) in [5.74, 6) is 3.96. The highest BCUT2D eigenvalue weighted by Gasteiger charge is 2.13. The first-order chi connectivity index (χ1) is 11.8. The van der Waals surface area contributed by atoms with E-state index in [0.29, 0.717) is 0 Å². The van der Waals surface area contributed by atoms with Gasteiger partial charge in [0.05, 0.1) is 0 Å². The maximum absolute atomic E-state index is 13.2. The fourth-order valence-corrected chi connectivity index (χ4v) is 4.30. The van der Waals surface area contributed by atoms with Crippen LogP contribution in [0.2, 0.25) is 0 Å². The van der Waals surface area contributed by atoms with E-state index in [0.717, 1.165) is 42.3 Å². The Morgan fingerprint density at radius 3 is 2.88 bits per heavy atom. The largest absolute Gasteiger partial charge is 0.361 e. The minimum absolute atomic E-state index is 0. The van der Waals surface area contributed by atoms with Gasteiger partial charge in [-0.3, -0.25) is 4.99 Å². The van der Waals surface area contributed by atoms with Crippen molar-refractivity contribution in [3.05, 3.63) is 35.8 Å². The molecule has 25 heavy (non-hydrogen) atoms. The quantitative estimate of drug-likeness (QED) is 0.350. The number of halogens is 2. The van der Waals surface area contributed by atoms with Crippen LogP contribution in [0.4, 0.5) is 4.39 Å². The van der Waals surface area contributed by atoms with E-state index in [2.05, 4.69) is 32.4 Å². The number of nitrogens with one attached hydrogen (secondary N) is 3. The van der Waals surface area contributed by atoms with E-state index >= 15 is 0 Å². The van der Waals surface area contributed by atoms with Crippen molar-refractivity contribution < 1.29 is 4.39 Å². The number of benzene rings is 1. The number of rotatable bonds is 5. The number of aliphatic imine (C=N–C) groups is 1. The number of guanidine groups is 1. The summed E-state index contributed by atoms with van der Waals surface area (Å²) in [7, 11) is 1.81. The summed E-state index contributed by atoms with van der Waals surface area (Å²) in [5.41, 5.74) is 2.04. The smallest absolute Gasteiger partial charge is 0.190 e. The zero-order chi connectivity index (χ0) is 16.8. The Morgan fingerprint density at radius 2 is 2.12 bits per heavy atom. The van der Waals surface area contributed by atoms with Crippen molar-refractivity contribution in [2.45, 2.75) is 19.3 Å². The number of hydrogen-bond donors (Lipinski definition) is 3. The maximum atomic E-state index is 13.2. The molecule has 0 radical (unpaired) electrons. The third-order valence-electron chi connectivity index (χ3n) is 4.54. The molecule has 0 amide bonds. The average Bonchev–Trinajstić information content (AvgIpc) is 3.01. The predicted molar refractivity (Wildman–Crippen MR) is 117 cm³/mol. The molecule has 3 rings (SSSR count). The second-order valence-electron chi connectivity index (χ2n) is 6.19. The second kappa shape index (κ2) is 10.3. The average molecular weight is 476 g/mol. The van der Waals surface area contributed by atoms with Crippen molar-refractivity contribution >= 4 is 52.6 Å². The van der Waals surface area contributed by atoms with Gasteiger partial charge in [-0.2, -0.15) is 11.8 Å². The van der Waals surface area contributed by atoms with E-state index in [1.54, 1.807) is 7.05 Å². The van der Waals surface area contributed by atoms with Gasteiger partial charge in [-0.25, -0.2) is 4.39 Å². The molecule has 138 valence electrons. The van der Waals surface area contributed by atoms with Crippen LogP contribution in [-0.2, 0) is 6.42 Å². The van der Waals surface area contributed by atoms with E-state index in [4.69, 9.17) is 0 Å². The molecule has 1 aromatic heterocycles. The third kappa shape index (κ3) is 5.77. The molecule has 0 bridgehead atoms. The van der Waals surface area contributed by atoms with Crippen LogP contribution in [0.25, 0.3) is 10.9 Å². The minimum atomic E-state index is -0.209. The van der Waals surface area contributed by atoms with Crippen molar-refractivity contribution in [1.82, 2.24) is 15.6 Å². The second-order valence-corrected chi connectivity index (χ2v) is 7.41. The number of aromatic nitrogens is 1. The first kappa shape index (κ1) is 20.4. The van der Waals surface area contributed by atoms with Crippen LogP contribution in [0.15, 0.2) is 29.4 Å². The van der Waals surface area contributed by atoms with E-state index in [1.165, 1.54) is 42.0 Å². The van der Waals surface area contributed by atoms with Crippen LogP contribution in [0.3, 0.4) is 0 Å². The van der Waals surface area contributed by atoms with E-state index < -0.39 is 0 Å². The highest BCUT2D eigenvalue weighted by molar-refractivity contribution is 14.0. The standard InChI is InChI=1S/C18H25FN4S.HI/c1-20-18(23-11-13-5-8-24-9-6-13)21-7-4-14-12-22-17-10-15(19)2-3-16(14)17;/h2-3,10,12-13,22H,4-9,11H2,1H3,(H2,20,21,23);1H. The van der Waals surface area contributed by atoms with E-state index in [9.17, 15) is 4.39 Å². The van der Waals surface area contributed by atoms with Crippen LogP contribution in [0.1, 0.15) is 18.4 Å². The number of nitrogens with zero attached hydrogens (tertiary/aromatic N) is 1. The van der Waals surface area contributed by atoms with Gasteiger partial charge in [0, 0.05) is 37.2 Å². The Balaban J connectivity index is 0.00000225. The summed E-state index contributed by atoms with van der Waals surface area (Å²) in [4.78, 5) is 7.43. The van der Waals surface area contributed by atoms with Crippen LogP contribution in [-0.4, -0.2) is 42.6 Å². The Labute approximate surface area is 169 Å². The molecule has 1 aliphatic heterocycles. The van der Waals surface area contributed by atoms with Gasteiger partial charge in [-0.1, -0.05) is 0 Å². The summed E-state index contributed by atoms with van der Waals surface area (Å²) in [6.07, 6.45) is 5.41. The Bertz CT molecular complexity index is 697. The molecule has 1 aliphatic rings. The summed E-state index contributed by atoms with van der Waals surface area (Å²) < 4.78 is 13.2. The fraction of sp³-hybridized carbons (Fsp3) is 0.500. The Kier molecular flexibility index (Phi) is 8.35. The Morgan fingerprint density at radius 1 is 1.32 bits per heavy atom. The van der Waals surface area contributed by atoms with Gasteiger partial charge in [-0.15, -0.1) is 24.0 Å². The topological polar surface area (TPSA) is 52.2 Å². The number of thioether (sulfide) groups is 1. The monoisotopic (exact) mass is 476 g/mol. The molecule has 0 saturated carbocycles. The predicted octanol–water partition coefficient (Wildman–Crippen LogP) is 3.78. The summed E-state index contributed by atoms with van der Waals surface area (Å²) >= 11 is 2.05. The lowest BCUT2D eigenvalue weighted by atomic mass is 10.0. The van der Waals surface area contributed by atoms with Crippen LogP contribution in [0.5, 0.6) is 0 Å². The highest BCUT2D eigenvalue weighted by atomic mass is 127. The van der Waals surface area contributed by atoms with Gasteiger partial charge in [0.2, 0.25) is 0 Å². The first-order valence-corrected chi connectivity index (χ1v) is 9.69. The Hall–Kier alpha value is -0.960. The molecule has 4 nitrogen and oxygen atoms in total. The van der Waals surface area contributed by atoms with Gasteiger partial charge in [0.15, 0.2) is 5.96 Å². The van der Waals surface area contributed by atoms with Gasteiger partial charge >= 0.3 is 0 Å². The van der Waals surface area contributed by atoms with Gasteiger partial charge in [0.25, 0.3) is 0 Å². The van der Waals surface area contributed by atoms with Crippen molar-refractivity contribution in [2.75, 3.05) is 31.6 Å². The normalized spacial score (nSPS) is 15.8. The molecule has 1 fully saturated rings. The molecular formula is C18H26FIN4S. The zero-order valence-electron chi connectivity index (χ0n) is 14.5. The maximum Gasteiger partial charge on any atom is 0.190 e. The van der Waals surface area contributed by atoms with Crippen molar-refractivity contribution in [3.8, 4) is 0 Å². The molecule has 7 heteroatoms. The van der Waals surface area contributed by atoms with Crippen molar-refractivity contribution in [1.29, 1.82) is 0 Å². The SMILES string of the molecule is CN=C(NCCc1c[nH]c2cc(F)ccc12)NCC1CCSCC1.I. The molecule has 2 aromatic rings. The fourth-order valence-electron chi connectivity index (χ4n) is 3.09.